The fourth-order valence-corrected chi connectivity index (χ4v) is 4.58. The summed E-state index contributed by atoms with van der Waals surface area (Å²) >= 11 is 0. The molecule has 0 radical (unpaired) electrons. The van der Waals surface area contributed by atoms with Crippen molar-refractivity contribution in [3.8, 4) is 5.75 Å². The number of hydrogen-bond donors (Lipinski definition) is 2. The zero-order valence-corrected chi connectivity index (χ0v) is 19.8. The van der Waals surface area contributed by atoms with Crippen LogP contribution < -0.4 is 9.64 Å². The normalized spacial score (nSPS) is 20.3. The summed E-state index contributed by atoms with van der Waals surface area (Å²) in [6.45, 7) is 9.49. The van der Waals surface area contributed by atoms with Crippen molar-refractivity contribution in [2.45, 2.75) is 13.0 Å². The number of ketones is 1. The van der Waals surface area contributed by atoms with Gasteiger partial charge in [0.1, 0.15) is 37.0 Å². The van der Waals surface area contributed by atoms with E-state index >= 15 is 0 Å². The number of aliphatic hydroxyl groups excluding tert-OH is 1. The highest BCUT2D eigenvalue weighted by Crippen LogP contribution is 2.40. The summed E-state index contributed by atoms with van der Waals surface area (Å²) in [4.78, 5) is 28.9. The van der Waals surface area contributed by atoms with Gasteiger partial charge in [0.05, 0.1) is 37.9 Å². The predicted octanol–water partition coefficient (Wildman–Crippen LogP) is 2.04. The van der Waals surface area contributed by atoms with Gasteiger partial charge in [-0.1, -0.05) is 30.9 Å². The van der Waals surface area contributed by atoms with Crippen LogP contribution in [0.2, 0.25) is 0 Å². The number of ether oxygens (including phenoxy) is 2. The first kappa shape index (κ1) is 24.6. The van der Waals surface area contributed by atoms with Crippen molar-refractivity contribution >= 4 is 17.4 Å². The minimum atomic E-state index is -1.02. The Morgan fingerprint density at radius 1 is 1.26 bits per heavy atom. The van der Waals surface area contributed by atoms with E-state index in [1.54, 1.807) is 42.5 Å². The first-order valence-electron chi connectivity index (χ1n) is 11.7. The molecule has 2 aromatic rings. The zero-order valence-electron chi connectivity index (χ0n) is 19.8. The topological polar surface area (TPSA) is 80.5 Å². The lowest BCUT2D eigenvalue weighted by Gasteiger charge is -2.29. The number of aryl methyl sites for hydroxylation is 1. The highest BCUT2D eigenvalue weighted by atomic mass is 19.1. The number of benzene rings is 2. The van der Waals surface area contributed by atoms with E-state index in [0.29, 0.717) is 37.7 Å². The quantitative estimate of drug-likeness (QED) is 0.261. The summed E-state index contributed by atoms with van der Waals surface area (Å²) in [7, 11) is 0. The number of hydrogen-bond acceptors (Lipinski definition) is 5. The molecule has 8 heteroatoms. The van der Waals surface area contributed by atoms with Crippen LogP contribution in [0.15, 0.2) is 60.7 Å². The van der Waals surface area contributed by atoms with Crippen LogP contribution in [0.3, 0.4) is 0 Å². The van der Waals surface area contributed by atoms with Gasteiger partial charge in [-0.2, -0.15) is 0 Å². The van der Waals surface area contributed by atoms with E-state index in [1.165, 1.54) is 15.9 Å². The van der Waals surface area contributed by atoms with Crippen molar-refractivity contribution in [3.05, 3.63) is 83.2 Å². The lowest BCUT2D eigenvalue weighted by Crippen LogP contribution is -3.14. The average Bonchev–Trinajstić information content (AvgIpc) is 3.12. The van der Waals surface area contributed by atoms with Gasteiger partial charge in [0.15, 0.2) is 0 Å². The minimum absolute atomic E-state index is 0.115. The van der Waals surface area contributed by atoms with Gasteiger partial charge in [0.2, 0.25) is 0 Å². The molecule has 2 saturated heterocycles. The van der Waals surface area contributed by atoms with Crippen LogP contribution in [-0.2, 0) is 14.3 Å². The summed E-state index contributed by atoms with van der Waals surface area (Å²) in [5.74, 6) is -1.83. The second-order valence-corrected chi connectivity index (χ2v) is 8.71. The number of halogens is 1. The Bertz CT molecular complexity index is 1160. The van der Waals surface area contributed by atoms with Gasteiger partial charge in [-0.15, -0.1) is 0 Å². The summed E-state index contributed by atoms with van der Waals surface area (Å²) in [5, 5.41) is 11.2. The van der Waals surface area contributed by atoms with E-state index in [2.05, 4.69) is 6.58 Å². The molecule has 0 bridgehead atoms. The molecule has 1 atom stereocenters. The van der Waals surface area contributed by atoms with Crippen LogP contribution in [0.1, 0.15) is 22.7 Å². The molecule has 0 aromatic heterocycles. The fraction of sp³-hybridized carbons (Fsp3) is 0.333. The summed E-state index contributed by atoms with van der Waals surface area (Å²) in [6.07, 6.45) is 1.63. The smallest absolute Gasteiger partial charge is 0.295 e. The molecule has 4 rings (SSSR count). The Kier molecular flexibility index (Phi) is 7.63. The van der Waals surface area contributed by atoms with E-state index < -0.39 is 23.5 Å². The van der Waals surface area contributed by atoms with Gasteiger partial charge in [0, 0.05) is 11.1 Å². The van der Waals surface area contributed by atoms with E-state index in [-0.39, 0.29) is 23.4 Å². The molecular formula is C27H30FN2O5+. The molecule has 2 aromatic carbocycles. The number of nitrogens with zero attached hydrogens (tertiary/aromatic N) is 1. The standard InChI is InChI=1S/C27H29FN2O5/c1-3-14-35-22-9-8-19(17-18(22)2)25(31)23-24(20-6-4-5-7-21(20)28)30(27(33)26(23)32)11-10-29-12-15-34-16-13-29/h3-9,17,24,31H,1,10-16H2,2H3/p+1/t24-/m1/s1. The van der Waals surface area contributed by atoms with Crippen molar-refractivity contribution in [3.63, 3.8) is 0 Å². The van der Waals surface area contributed by atoms with E-state index in [4.69, 9.17) is 9.47 Å². The molecule has 2 aliphatic heterocycles. The molecule has 2 N–H and O–H groups in total. The average molecular weight is 482 g/mol. The molecule has 2 fully saturated rings. The van der Waals surface area contributed by atoms with Crippen LogP contribution in [0, 0.1) is 12.7 Å². The number of carbonyl (C=O) groups excluding carboxylic acids is 2. The van der Waals surface area contributed by atoms with Crippen molar-refractivity contribution in [2.75, 3.05) is 46.0 Å². The molecule has 184 valence electrons. The molecule has 7 nitrogen and oxygen atoms in total. The van der Waals surface area contributed by atoms with Crippen LogP contribution in [-0.4, -0.2) is 67.7 Å². The highest BCUT2D eigenvalue weighted by molar-refractivity contribution is 6.46. The molecule has 1 amide bonds. The number of rotatable bonds is 8. The largest absolute Gasteiger partial charge is 0.507 e. The molecule has 0 spiro atoms. The maximum Gasteiger partial charge on any atom is 0.295 e. The predicted molar refractivity (Wildman–Crippen MR) is 129 cm³/mol. The zero-order chi connectivity index (χ0) is 24.9. The van der Waals surface area contributed by atoms with Crippen LogP contribution in [0.4, 0.5) is 4.39 Å². The molecule has 0 aliphatic carbocycles. The summed E-state index contributed by atoms with van der Waals surface area (Å²) < 4.78 is 25.9. The van der Waals surface area contributed by atoms with Gasteiger partial charge in [0.25, 0.3) is 11.7 Å². The number of Topliss-reactive ketones (excluding diaryl/α,β-unsaturated/α-hetero) is 1. The molecule has 2 aliphatic rings. The monoisotopic (exact) mass is 481 g/mol. The number of nitrogens with one attached hydrogen (secondary N) is 1. The van der Waals surface area contributed by atoms with Crippen LogP contribution in [0.25, 0.3) is 5.76 Å². The second kappa shape index (κ2) is 10.8. The Hall–Kier alpha value is -3.49. The number of amides is 1. The van der Waals surface area contributed by atoms with Crippen LogP contribution >= 0.6 is 0 Å². The molecule has 35 heavy (non-hydrogen) atoms. The minimum Gasteiger partial charge on any atom is -0.507 e. The Labute approximate surface area is 204 Å². The third kappa shape index (κ3) is 5.13. The van der Waals surface area contributed by atoms with E-state index in [9.17, 15) is 19.1 Å². The Morgan fingerprint density at radius 3 is 2.69 bits per heavy atom. The lowest BCUT2D eigenvalue weighted by atomic mass is 9.94. The Morgan fingerprint density at radius 2 is 2.00 bits per heavy atom. The highest BCUT2D eigenvalue weighted by Gasteiger charge is 2.47. The maximum absolute atomic E-state index is 14.9. The Balaban J connectivity index is 1.73. The van der Waals surface area contributed by atoms with Crippen molar-refractivity contribution < 1.29 is 33.5 Å². The maximum atomic E-state index is 14.9. The van der Waals surface area contributed by atoms with Gasteiger partial charge < -0.3 is 24.4 Å². The number of likely N-dealkylation sites (tertiary alicyclic amines) is 1. The summed E-state index contributed by atoms with van der Waals surface area (Å²) in [5.41, 5.74) is 1.15. The van der Waals surface area contributed by atoms with Crippen molar-refractivity contribution in [1.29, 1.82) is 0 Å². The third-order valence-corrected chi connectivity index (χ3v) is 6.45. The van der Waals surface area contributed by atoms with Gasteiger partial charge in [-0.05, 0) is 36.8 Å². The third-order valence-electron chi connectivity index (χ3n) is 6.45. The lowest BCUT2D eigenvalue weighted by molar-refractivity contribution is -0.907. The summed E-state index contributed by atoms with van der Waals surface area (Å²) in [6, 6.07) is 10.00. The van der Waals surface area contributed by atoms with Gasteiger partial charge in [-0.3, -0.25) is 9.59 Å². The second-order valence-electron chi connectivity index (χ2n) is 8.71. The molecule has 0 saturated carbocycles. The van der Waals surface area contributed by atoms with Crippen LogP contribution in [0.5, 0.6) is 5.75 Å². The van der Waals surface area contributed by atoms with E-state index in [0.717, 1.165) is 18.7 Å². The first-order chi connectivity index (χ1) is 16.9. The van der Waals surface area contributed by atoms with E-state index in [1.807, 2.05) is 6.92 Å². The van der Waals surface area contributed by atoms with Crippen molar-refractivity contribution in [2.24, 2.45) is 0 Å². The first-order valence-corrected chi connectivity index (χ1v) is 11.7. The SMILES string of the molecule is C=CCOc1ccc(C(O)=C2C(=O)C(=O)N(CC[NH+]3CCOCC3)[C@@H]2c2ccccc2F)cc1C. The molecule has 2 heterocycles. The number of morpholine rings is 1. The number of carbonyl (C=O) groups is 2. The number of quaternary nitrogens is 1. The molecular weight excluding hydrogens is 451 g/mol. The molecule has 0 unspecified atom stereocenters. The fourth-order valence-electron chi connectivity index (χ4n) is 4.58. The van der Waals surface area contributed by atoms with Gasteiger partial charge >= 0.3 is 0 Å². The van der Waals surface area contributed by atoms with Gasteiger partial charge in [-0.25, -0.2) is 4.39 Å². The number of aliphatic hydroxyl groups is 1. The van der Waals surface area contributed by atoms with Crippen molar-refractivity contribution in [1.82, 2.24) is 4.90 Å².